The summed E-state index contributed by atoms with van der Waals surface area (Å²) < 4.78 is 9.35. The minimum absolute atomic E-state index is 0.681. The third-order valence-corrected chi connectivity index (χ3v) is 6.34. The first kappa shape index (κ1) is 21.0. The number of hydrogen-bond donors (Lipinski definition) is 0. The first-order valence-corrected chi connectivity index (χ1v) is 11.3. The SMILES string of the molecule is Cc1cc(OCCCCn2c(-c3ccc(Br)cc3)nc3ccccc32)cc(C)c1Cl. The summed E-state index contributed by atoms with van der Waals surface area (Å²) in [5.41, 5.74) is 5.42. The minimum Gasteiger partial charge on any atom is -0.494 e. The van der Waals surface area contributed by atoms with Crippen LogP contribution in [0.2, 0.25) is 5.02 Å². The van der Waals surface area contributed by atoms with Gasteiger partial charge in [-0.05, 0) is 74.2 Å². The van der Waals surface area contributed by atoms with Crippen LogP contribution in [0.5, 0.6) is 5.75 Å². The van der Waals surface area contributed by atoms with Crippen LogP contribution in [0.4, 0.5) is 0 Å². The second-order valence-corrected chi connectivity index (χ2v) is 8.80. The molecule has 0 amide bonds. The lowest BCUT2D eigenvalue weighted by Gasteiger charge is -2.12. The van der Waals surface area contributed by atoms with Crippen molar-refractivity contribution in [3.63, 3.8) is 0 Å². The van der Waals surface area contributed by atoms with Gasteiger partial charge >= 0.3 is 0 Å². The molecule has 4 aromatic rings. The number of rotatable bonds is 7. The van der Waals surface area contributed by atoms with Gasteiger partial charge in [0.1, 0.15) is 11.6 Å². The van der Waals surface area contributed by atoms with Crippen LogP contribution in [0.3, 0.4) is 0 Å². The predicted octanol–water partition coefficient (Wildman–Crippen LogP) is 7.60. The maximum absolute atomic E-state index is 6.25. The number of unbranched alkanes of at least 4 members (excludes halogenated alkanes) is 1. The van der Waals surface area contributed by atoms with Gasteiger partial charge in [0.2, 0.25) is 0 Å². The molecule has 154 valence electrons. The van der Waals surface area contributed by atoms with Crippen LogP contribution < -0.4 is 4.74 Å². The highest BCUT2D eigenvalue weighted by molar-refractivity contribution is 9.10. The Bertz CT molecular complexity index is 1140. The van der Waals surface area contributed by atoms with Gasteiger partial charge in [-0.1, -0.05) is 51.8 Å². The number of fused-ring (bicyclic) bond motifs is 1. The molecular formula is C25H24BrClN2O. The Hall–Kier alpha value is -2.30. The number of halogens is 2. The van der Waals surface area contributed by atoms with Crippen LogP contribution in [0.1, 0.15) is 24.0 Å². The van der Waals surface area contributed by atoms with Crippen molar-refractivity contribution in [2.75, 3.05) is 6.61 Å². The molecule has 0 fully saturated rings. The molecule has 0 aliphatic carbocycles. The average Bonchev–Trinajstić information content (AvgIpc) is 3.11. The summed E-state index contributed by atoms with van der Waals surface area (Å²) in [6, 6.07) is 20.7. The summed E-state index contributed by atoms with van der Waals surface area (Å²) in [6.45, 7) is 5.60. The van der Waals surface area contributed by atoms with Crippen molar-refractivity contribution in [2.24, 2.45) is 0 Å². The number of imidazole rings is 1. The zero-order valence-corrected chi connectivity index (χ0v) is 19.5. The van der Waals surface area contributed by atoms with Crippen LogP contribution in [0.25, 0.3) is 22.4 Å². The van der Waals surface area contributed by atoms with Gasteiger partial charge in [-0.2, -0.15) is 0 Å². The van der Waals surface area contributed by atoms with Crippen molar-refractivity contribution in [2.45, 2.75) is 33.2 Å². The Morgan fingerprint density at radius 3 is 2.40 bits per heavy atom. The number of ether oxygens (including phenoxy) is 1. The highest BCUT2D eigenvalue weighted by Gasteiger charge is 2.12. The molecule has 1 aromatic heterocycles. The summed E-state index contributed by atoms with van der Waals surface area (Å²) in [4.78, 5) is 4.89. The molecule has 0 radical (unpaired) electrons. The van der Waals surface area contributed by atoms with E-state index < -0.39 is 0 Å². The van der Waals surface area contributed by atoms with Crippen molar-refractivity contribution in [1.29, 1.82) is 0 Å². The highest BCUT2D eigenvalue weighted by Crippen LogP contribution is 2.28. The third-order valence-electron chi connectivity index (χ3n) is 5.21. The number of nitrogens with zero attached hydrogens (tertiary/aromatic N) is 2. The number of benzene rings is 3. The minimum atomic E-state index is 0.681. The van der Waals surface area contributed by atoms with E-state index >= 15 is 0 Å². The van der Waals surface area contributed by atoms with Crippen LogP contribution >= 0.6 is 27.5 Å². The lowest BCUT2D eigenvalue weighted by Crippen LogP contribution is -2.04. The van der Waals surface area contributed by atoms with Crippen molar-refractivity contribution in [3.05, 3.63) is 81.3 Å². The van der Waals surface area contributed by atoms with Gasteiger partial charge in [-0.15, -0.1) is 0 Å². The van der Waals surface area contributed by atoms with Crippen molar-refractivity contribution >= 4 is 38.6 Å². The Labute approximate surface area is 190 Å². The standard InChI is InChI=1S/C25H24BrClN2O/c1-17-15-21(16-18(2)24(17)27)30-14-6-5-13-29-23-8-4-3-7-22(23)28-25(29)19-9-11-20(26)12-10-19/h3-4,7-12,15-16H,5-6,13-14H2,1-2H3. The van der Waals surface area contributed by atoms with Crippen LogP contribution in [0.15, 0.2) is 65.1 Å². The fourth-order valence-electron chi connectivity index (χ4n) is 3.67. The highest BCUT2D eigenvalue weighted by atomic mass is 79.9. The first-order valence-electron chi connectivity index (χ1n) is 10.1. The van der Waals surface area contributed by atoms with Crippen molar-refractivity contribution in [1.82, 2.24) is 9.55 Å². The summed E-state index contributed by atoms with van der Waals surface area (Å²) in [5, 5.41) is 0.815. The lowest BCUT2D eigenvalue weighted by atomic mass is 10.1. The Kier molecular flexibility index (Phi) is 6.45. The van der Waals surface area contributed by atoms with E-state index in [1.807, 2.05) is 32.0 Å². The maximum Gasteiger partial charge on any atom is 0.141 e. The van der Waals surface area contributed by atoms with E-state index in [-0.39, 0.29) is 0 Å². The molecule has 0 atom stereocenters. The molecule has 1 heterocycles. The first-order chi connectivity index (χ1) is 14.5. The number of hydrogen-bond acceptors (Lipinski definition) is 2. The van der Waals surface area contributed by atoms with Gasteiger partial charge < -0.3 is 9.30 Å². The fraction of sp³-hybridized carbons (Fsp3) is 0.240. The number of aromatic nitrogens is 2. The maximum atomic E-state index is 6.25. The molecule has 3 nitrogen and oxygen atoms in total. The molecular weight excluding hydrogens is 460 g/mol. The zero-order chi connectivity index (χ0) is 21.1. The average molecular weight is 484 g/mol. The molecule has 0 aliphatic heterocycles. The Morgan fingerprint density at radius 1 is 0.967 bits per heavy atom. The summed E-state index contributed by atoms with van der Waals surface area (Å²) in [7, 11) is 0. The van der Waals surface area contributed by atoms with E-state index in [0.717, 1.165) is 62.7 Å². The van der Waals surface area contributed by atoms with Crippen molar-refractivity contribution in [3.8, 4) is 17.1 Å². The molecule has 0 spiro atoms. The normalized spacial score (nSPS) is 11.2. The summed E-state index contributed by atoms with van der Waals surface area (Å²) in [5.74, 6) is 1.90. The van der Waals surface area contributed by atoms with Crippen LogP contribution in [-0.4, -0.2) is 16.2 Å². The van der Waals surface area contributed by atoms with E-state index in [1.165, 1.54) is 5.52 Å². The van der Waals surface area contributed by atoms with E-state index in [0.29, 0.717) is 6.61 Å². The quantitative estimate of drug-likeness (QED) is 0.253. The molecule has 0 saturated carbocycles. The fourth-order valence-corrected chi connectivity index (χ4v) is 4.05. The molecule has 0 unspecified atom stereocenters. The molecule has 3 aromatic carbocycles. The molecule has 0 aliphatic rings. The Balaban J connectivity index is 1.45. The molecule has 0 bridgehead atoms. The largest absolute Gasteiger partial charge is 0.494 e. The van der Waals surface area contributed by atoms with Gasteiger partial charge in [0.05, 0.1) is 17.6 Å². The third kappa shape index (κ3) is 4.55. The van der Waals surface area contributed by atoms with Crippen molar-refractivity contribution < 1.29 is 4.74 Å². The Morgan fingerprint density at radius 2 is 1.67 bits per heavy atom. The summed E-state index contributed by atoms with van der Waals surface area (Å²) >= 11 is 9.76. The van der Waals surface area contributed by atoms with Gasteiger partial charge in [0.25, 0.3) is 0 Å². The number of para-hydroxylation sites is 2. The van der Waals surface area contributed by atoms with E-state index in [2.05, 4.69) is 63.0 Å². The molecule has 0 saturated heterocycles. The smallest absolute Gasteiger partial charge is 0.141 e. The second-order valence-electron chi connectivity index (χ2n) is 7.51. The lowest BCUT2D eigenvalue weighted by molar-refractivity contribution is 0.303. The van der Waals surface area contributed by atoms with Gasteiger partial charge in [0, 0.05) is 21.6 Å². The topological polar surface area (TPSA) is 27.1 Å². The van der Waals surface area contributed by atoms with Gasteiger partial charge in [0.15, 0.2) is 0 Å². The van der Waals surface area contributed by atoms with Crippen LogP contribution in [-0.2, 0) is 6.54 Å². The monoisotopic (exact) mass is 482 g/mol. The predicted molar refractivity (Wildman–Crippen MR) is 129 cm³/mol. The van der Waals surface area contributed by atoms with E-state index in [4.69, 9.17) is 21.3 Å². The molecule has 4 rings (SSSR count). The second kappa shape index (κ2) is 9.23. The summed E-state index contributed by atoms with van der Waals surface area (Å²) in [6.07, 6.45) is 1.97. The molecule has 30 heavy (non-hydrogen) atoms. The zero-order valence-electron chi connectivity index (χ0n) is 17.2. The number of aryl methyl sites for hydroxylation is 3. The van der Waals surface area contributed by atoms with E-state index in [1.54, 1.807) is 0 Å². The van der Waals surface area contributed by atoms with Gasteiger partial charge in [-0.25, -0.2) is 4.98 Å². The molecule has 0 N–H and O–H groups in total. The van der Waals surface area contributed by atoms with E-state index in [9.17, 15) is 0 Å². The van der Waals surface area contributed by atoms with Crippen LogP contribution in [0, 0.1) is 13.8 Å². The molecule has 5 heteroatoms. The van der Waals surface area contributed by atoms with Gasteiger partial charge in [-0.3, -0.25) is 0 Å².